The minimum absolute atomic E-state index is 0.0152. The SMILES string of the molecule is CC(C)(C)OC(=O)N1CCCC2CCC(O)C21. The predicted octanol–water partition coefficient (Wildman–Crippen LogP) is 2.16. The molecule has 1 amide bonds. The summed E-state index contributed by atoms with van der Waals surface area (Å²) in [6.45, 7) is 6.33. The van der Waals surface area contributed by atoms with Gasteiger partial charge < -0.3 is 14.7 Å². The standard InChI is InChI=1S/C13H23NO3/c1-13(2,3)17-12(16)14-8-4-5-9-6-7-10(15)11(9)14/h9-11,15H,4-8H2,1-3H3. The molecule has 1 aliphatic heterocycles. The zero-order chi connectivity index (χ0) is 12.6. The van der Waals surface area contributed by atoms with Gasteiger partial charge in [-0.25, -0.2) is 4.79 Å². The second-order valence-electron chi connectivity index (χ2n) is 6.21. The Balaban J connectivity index is 2.06. The van der Waals surface area contributed by atoms with Crippen molar-refractivity contribution in [2.45, 2.75) is 64.2 Å². The lowest BCUT2D eigenvalue weighted by Crippen LogP contribution is -2.52. The number of carbonyl (C=O) groups excluding carboxylic acids is 1. The number of fused-ring (bicyclic) bond motifs is 1. The van der Waals surface area contributed by atoms with E-state index in [-0.39, 0.29) is 18.2 Å². The summed E-state index contributed by atoms with van der Waals surface area (Å²) in [5.41, 5.74) is -0.465. The van der Waals surface area contributed by atoms with Crippen LogP contribution in [-0.4, -0.2) is 40.4 Å². The van der Waals surface area contributed by atoms with E-state index in [9.17, 15) is 9.90 Å². The summed E-state index contributed by atoms with van der Waals surface area (Å²) >= 11 is 0. The van der Waals surface area contributed by atoms with Crippen molar-refractivity contribution in [3.05, 3.63) is 0 Å². The summed E-state index contributed by atoms with van der Waals surface area (Å²) in [4.78, 5) is 13.8. The molecule has 0 bridgehead atoms. The first-order chi connectivity index (χ1) is 7.88. The summed E-state index contributed by atoms with van der Waals surface area (Å²) in [6.07, 6.45) is 3.36. The molecule has 17 heavy (non-hydrogen) atoms. The molecule has 2 fully saturated rings. The first-order valence-corrected chi connectivity index (χ1v) is 6.56. The number of likely N-dealkylation sites (tertiary alicyclic amines) is 1. The van der Waals surface area contributed by atoms with Gasteiger partial charge in [-0.3, -0.25) is 0 Å². The fourth-order valence-electron chi connectivity index (χ4n) is 3.02. The van der Waals surface area contributed by atoms with Crippen LogP contribution < -0.4 is 0 Å². The lowest BCUT2D eigenvalue weighted by molar-refractivity contribution is -0.0166. The molecular formula is C13H23NO3. The molecule has 1 saturated heterocycles. The number of hydrogen-bond donors (Lipinski definition) is 1. The highest BCUT2D eigenvalue weighted by atomic mass is 16.6. The first-order valence-electron chi connectivity index (χ1n) is 6.56. The van der Waals surface area contributed by atoms with Gasteiger partial charge in [-0.1, -0.05) is 0 Å². The highest BCUT2D eigenvalue weighted by Crippen LogP contribution is 2.37. The molecule has 3 atom stereocenters. The van der Waals surface area contributed by atoms with Crippen molar-refractivity contribution in [2.24, 2.45) is 5.92 Å². The number of nitrogens with zero attached hydrogens (tertiary/aromatic N) is 1. The van der Waals surface area contributed by atoms with Crippen molar-refractivity contribution in [3.63, 3.8) is 0 Å². The van der Waals surface area contributed by atoms with Crippen LogP contribution >= 0.6 is 0 Å². The third kappa shape index (κ3) is 2.73. The summed E-state index contributed by atoms with van der Waals surface area (Å²) in [5, 5.41) is 9.99. The van der Waals surface area contributed by atoms with Crippen molar-refractivity contribution in [2.75, 3.05) is 6.54 Å². The van der Waals surface area contributed by atoms with Gasteiger partial charge in [0, 0.05) is 6.54 Å². The van der Waals surface area contributed by atoms with Crippen LogP contribution in [0.2, 0.25) is 0 Å². The zero-order valence-corrected chi connectivity index (χ0v) is 11.0. The smallest absolute Gasteiger partial charge is 0.410 e. The molecule has 0 aromatic carbocycles. The number of ether oxygens (including phenoxy) is 1. The van der Waals surface area contributed by atoms with Crippen LogP contribution in [0.3, 0.4) is 0 Å². The van der Waals surface area contributed by atoms with E-state index in [0.717, 1.165) is 25.7 Å². The van der Waals surface area contributed by atoms with Crippen molar-refractivity contribution >= 4 is 6.09 Å². The Morgan fingerprint density at radius 1 is 1.29 bits per heavy atom. The third-order valence-corrected chi connectivity index (χ3v) is 3.67. The molecule has 3 unspecified atom stereocenters. The molecule has 0 aromatic rings. The van der Waals surface area contributed by atoms with E-state index in [1.165, 1.54) is 0 Å². The molecule has 1 aliphatic carbocycles. The second kappa shape index (κ2) is 4.48. The molecule has 0 radical (unpaired) electrons. The lowest BCUT2D eigenvalue weighted by Gasteiger charge is -2.39. The number of carbonyl (C=O) groups is 1. The Morgan fingerprint density at radius 3 is 2.65 bits per heavy atom. The van der Waals surface area contributed by atoms with Gasteiger partial charge in [0.25, 0.3) is 0 Å². The largest absolute Gasteiger partial charge is 0.444 e. The van der Waals surface area contributed by atoms with E-state index in [1.54, 1.807) is 4.90 Å². The minimum atomic E-state index is -0.465. The van der Waals surface area contributed by atoms with E-state index in [0.29, 0.717) is 12.5 Å². The van der Waals surface area contributed by atoms with Crippen LogP contribution in [0.15, 0.2) is 0 Å². The number of hydrogen-bond acceptors (Lipinski definition) is 3. The summed E-state index contributed by atoms with van der Waals surface area (Å²) in [5.74, 6) is 0.464. The van der Waals surface area contributed by atoms with Gasteiger partial charge in [0.15, 0.2) is 0 Å². The predicted molar refractivity (Wildman–Crippen MR) is 64.7 cm³/mol. The Labute approximate surface area is 103 Å². The van der Waals surface area contributed by atoms with Gasteiger partial charge in [-0.15, -0.1) is 0 Å². The molecule has 1 heterocycles. The quantitative estimate of drug-likeness (QED) is 0.707. The van der Waals surface area contributed by atoms with Gasteiger partial charge >= 0.3 is 6.09 Å². The van der Waals surface area contributed by atoms with Crippen molar-refractivity contribution in [3.8, 4) is 0 Å². The fraction of sp³-hybridized carbons (Fsp3) is 0.923. The molecule has 2 aliphatic rings. The second-order valence-corrected chi connectivity index (χ2v) is 6.21. The summed E-state index contributed by atoms with van der Waals surface area (Å²) in [7, 11) is 0. The van der Waals surface area contributed by atoms with Gasteiger partial charge in [0.1, 0.15) is 5.60 Å². The molecule has 0 aromatic heterocycles. The van der Waals surface area contributed by atoms with Crippen LogP contribution in [-0.2, 0) is 4.74 Å². The van der Waals surface area contributed by atoms with E-state index in [1.807, 2.05) is 20.8 Å². The average molecular weight is 241 g/mol. The van der Waals surface area contributed by atoms with E-state index < -0.39 is 5.60 Å². The Kier molecular flexibility index (Phi) is 3.34. The molecule has 0 spiro atoms. The Morgan fingerprint density at radius 2 is 2.00 bits per heavy atom. The molecule has 1 saturated carbocycles. The molecule has 98 valence electrons. The number of aliphatic hydroxyl groups excluding tert-OH is 1. The van der Waals surface area contributed by atoms with Crippen LogP contribution in [0.4, 0.5) is 4.79 Å². The molecule has 4 nitrogen and oxygen atoms in total. The maximum absolute atomic E-state index is 12.1. The Hall–Kier alpha value is -0.770. The zero-order valence-electron chi connectivity index (χ0n) is 11.0. The van der Waals surface area contributed by atoms with Gasteiger partial charge in [0.2, 0.25) is 0 Å². The fourth-order valence-corrected chi connectivity index (χ4v) is 3.02. The number of aliphatic hydroxyl groups is 1. The number of piperidine rings is 1. The van der Waals surface area contributed by atoms with Gasteiger partial charge in [-0.2, -0.15) is 0 Å². The van der Waals surface area contributed by atoms with Crippen molar-refractivity contribution < 1.29 is 14.6 Å². The molecular weight excluding hydrogens is 218 g/mol. The molecule has 4 heteroatoms. The number of rotatable bonds is 0. The van der Waals surface area contributed by atoms with Crippen molar-refractivity contribution in [1.82, 2.24) is 4.90 Å². The minimum Gasteiger partial charge on any atom is -0.444 e. The summed E-state index contributed by atoms with van der Waals surface area (Å²) in [6, 6.07) is -0.0152. The van der Waals surface area contributed by atoms with Gasteiger partial charge in [0.05, 0.1) is 12.1 Å². The monoisotopic (exact) mass is 241 g/mol. The highest BCUT2D eigenvalue weighted by Gasteiger charge is 2.44. The maximum Gasteiger partial charge on any atom is 0.410 e. The van der Waals surface area contributed by atoms with Gasteiger partial charge in [-0.05, 0) is 52.4 Å². The molecule has 1 N–H and O–H groups in total. The van der Waals surface area contributed by atoms with Crippen LogP contribution in [0.5, 0.6) is 0 Å². The van der Waals surface area contributed by atoms with Crippen molar-refractivity contribution in [1.29, 1.82) is 0 Å². The van der Waals surface area contributed by atoms with E-state index >= 15 is 0 Å². The van der Waals surface area contributed by atoms with Crippen LogP contribution in [0.25, 0.3) is 0 Å². The third-order valence-electron chi connectivity index (χ3n) is 3.67. The first kappa shape index (κ1) is 12.7. The normalized spacial score (nSPS) is 33.4. The topological polar surface area (TPSA) is 49.8 Å². The van der Waals surface area contributed by atoms with E-state index in [2.05, 4.69) is 0 Å². The maximum atomic E-state index is 12.1. The lowest BCUT2D eigenvalue weighted by atomic mass is 9.92. The molecule has 2 rings (SSSR count). The van der Waals surface area contributed by atoms with Crippen LogP contribution in [0, 0.1) is 5.92 Å². The average Bonchev–Trinajstić information content (AvgIpc) is 2.58. The number of amides is 1. The van der Waals surface area contributed by atoms with Crippen LogP contribution in [0.1, 0.15) is 46.5 Å². The van der Waals surface area contributed by atoms with E-state index in [4.69, 9.17) is 4.74 Å². The Bertz CT molecular complexity index is 296. The summed E-state index contributed by atoms with van der Waals surface area (Å²) < 4.78 is 5.41. The highest BCUT2D eigenvalue weighted by molar-refractivity contribution is 5.69.